The summed E-state index contributed by atoms with van der Waals surface area (Å²) in [6.45, 7) is 4.64. The molecular weight excluding hydrogens is 406 g/mol. The van der Waals surface area contributed by atoms with E-state index in [1.165, 1.54) is 0 Å². The van der Waals surface area contributed by atoms with Gasteiger partial charge in [0.2, 0.25) is 5.91 Å². The maximum Gasteiger partial charge on any atom is 0.257 e. The minimum atomic E-state index is -0.0379. The van der Waals surface area contributed by atoms with Crippen molar-refractivity contribution < 1.29 is 14.3 Å². The van der Waals surface area contributed by atoms with Crippen molar-refractivity contribution in [2.45, 2.75) is 13.0 Å². The van der Waals surface area contributed by atoms with Gasteiger partial charge in [-0.05, 0) is 18.1 Å². The van der Waals surface area contributed by atoms with E-state index in [2.05, 4.69) is 15.3 Å². The molecule has 30 heavy (non-hydrogen) atoms. The molecule has 1 aliphatic rings. The number of nitrogens with one attached hydrogen (secondary N) is 1. The molecule has 1 aromatic carbocycles. The van der Waals surface area contributed by atoms with E-state index in [0.29, 0.717) is 63.0 Å². The summed E-state index contributed by atoms with van der Waals surface area (Å²) in [5.74, 6) is -0.0317. The second kappa shape index (κ2) is 11.1. The van der Waals surface area contributed by atoms with Gasteiger partial charge in [-0.3, -0.25) is 19.2 Å². The van der Waals surface area contributed by atoms with Crippen molar-refractivity contribution in [2.24, 2.45) is 0 Å². The molecule has 9 heteroatoms. The van der Waals surface area contributed by atoms with Crippen molar-refractivity contribution >= 4 is 23.4 Å². The largest absolute Gasteiger partial charge is 0.385 e. The van der Waals surface area contributed by atoms with Gasteiger partial charge in [0.15, 0.2) is 0 Å². The molecule has 0 bridgehead atoms. The number of carbonyl (C=O) groups is 2. The van der Waals surface area contributed by atoms with Gasteiger partial charge in [0, 0.05) is 57.7 Å². The maximum atomic E-state index is 12.8. The van der Waals surface area contributed by atoms with Gasteiger partial charge < -0.3 is 15.0 Å². The Morgan fingerprint density at radius 3 is 2.70 bits per heavy atom. The summed E-state index contributed by atoms with van der Waals surface area (Å²) in [7, 11) is 1.65. The summed E-state index contributed by atoms with van der Waals surface area (Å²) in [6, 6.07) is 7.59. The van der Waals surface area contributed by atoms with E-state index in [0.717, 1.165) is 12.0 Å². The lowest BCUT2D eigenvalue weighted by atomic mass is 10.2. The van der Waals surface area contributed by atoms with Crippen LogP contribution in [0.3, 0.4) is 0 Å². The van der Waals surface area contributed by atoms with Crippen LogP contribution in [0.15, 0.2) is 36.7 Å². The second-order valence-corrected chi connectivity index (χ2v) is 7.69. The highest BCUT2D eigenvalue weighted by Gasteiger charge is 2.24. The Morgan fingerprint density at radius 2 is 1.97 bits per heavy atom. The molecule has 0 aliphatic carbocycles. The zero-order valence-corrected chi connectivity index (χ0v) is 18.0. The first-order valence-electron chi connectivity index (χ1n) is 10.1. The van der Waals surface area contributed by atoms with Gasteiger partial charge >= 0.3 is 0 Å². The van der Waals surface area contributed by atoms with Crippen molar-refractivity contribution in [2.75, 3.05) is 53.0 Å². The van der Waals surface area contributed by atoms with E-state index in [1.54, 1.807) is 24.2 Å². The number of hydrogen-bond donors (Lipinski definition) is 1. The van der Waals surface area contributed by atoms with Gasteiger partial charge in [0.25, 0.3) is 5.91 Å². The van der Waals surface area contributed by atoms with E-state index in [9.17, 15) is 9.59 Å². The molecule has 3 rings (SSSR count). The number of amides is 2. The topological polar surface area (TPSA) is 79.7 Å². The summed E-state index contributed by atoms with van der Waals surface area (Å²) in [5, 5.41) is 7.87. The Labute approximate surface area is 181 Å². The first kappa shape index (κ1) is 22.3. The zero-order valence-electron chi connectivity index (χ0n) is 17.2. The molecule has 0 unspecified atom stereocenters. The molecule has 2 heterocycles. The van der Waals surface area contributed by atoms with Gasteiger partial charge in [-0.25, -0.2) is 0 Å². The van der Waals surface area contributed by atoms with Gasteiger partial charge in [-0.1, -0.05) is 29.8 Å². The van der Waals surface area contributed by atoms with Crippen LogP contribution in [0.5, 0.6) is 0 Å². The van der Waals surface area contributed by atoms with Gasteiger partial charge in [0.05, 0.1) is 24.8 Å². The average Bonchev–Trinajstić information content (AvgIpc) is 3.21. The van der Waals surface area contributed by atoms with E-state index >= 15 is 0 Å². The molecule has 1 saturated heterocycles. The fourth-order valence-electron chi connectivity index (χ4n) is 3.36. The predicted molar refractivity (Wildman–Crippen MR) is 115 cm³/mol. The van der Waals surface area contributed by atoms with Crippen molar-refractivity contribution in [1.82, 2.24) is 24.9 Å². The van der Waals surface area contributed by atoms with Crippen LogP contribution < -0.4 is 5.32 Å². The molecule has 162 valence electrons. The molecule has 2 aromatic rings. The lowest BCUT2D eigenvalue weighted by molar-refractivity contribution is -0.122. The van der Waals surface area contributed by atoms with Crippen molar-refractivity contribution in [1.29, 1.82) is 0 Å². The van der Waals surface area contributed by atoms with E-state index in [1.807, 2.05) is 29.2 Å². The third-order valence-corrected chi connectivity index (χ3v) is 5.41. The van der Waals surface area contributed by atoms with Crippen LogP contribution in [0.2, 0.25) is 5.02 Å². The number of rotatable bonds is 9. The predicted octanol–water partition coefficient (Wildman–Crippen LogP) is 1.50. The van der Waals surface area contributed by atoms with Crippen molar-refractivity contribution in [3.63, 3.8) is 0 Å². The lowest BCUT2D eigenvalue weighted by Crippen LogP contribution is -2.51. The standard InChI is InChI=1S/C21H28ClN5O3/c1-30-12-4-7-23-20(28)16-25-8-10-26(11-9-25)21(29)18-13-24-27(15-18)14-17-5-2-3-6-19(17)22/h2-3,5-6,13,15H,4,7-12,14,16H2,1H3,(H,23,28). The molecule has 0 saturated carbocycles. The van der Waals surface area contributed by atoms with Crippen molar-refractivity contribution in [3.8, 4) is 0 Å². The Kier molecular flexibility index (Phi) is 8.24. The highest BCUT2D eigenvalue weighted by atomic mass is 35.5. The second-order valence-electron chi connectivity index (χ2n) is 7.28. The summed E-state index contributed by atoms with van der Waals surface area (Å²) < 4.78 is 6.69. The monoisotopic (exact) mass is 433 g/mol. The number of benzene rings is 1. The Morgan fingerprint density at radius 1 is 1.20 bits per heavy atom. The van der Waals surface area contributed by atoms with Crippen LogP contribution in [-0.4, -0.2) is 84.4 Å². The number of methoxy groups -OCH3 is 1. The Balaban J connectivity index is 1.45. The van der Waals surface area contributed by atoms with Gasteiger partial charge in [-0.15, -0.1) is 0 Å². The summed E-state index contributed by atoms with van der Waals surface area (Å²) in [5.41, 5.74) is 1.52. The SMILES string of the molecule is COCCCNC(=O)CN1CCN(C(=O)c2cnn(Cc3ccccc3Cl)c2)CC1. The number of halogens is 1. The molecule has 0 spiro atoms. The summed E-state index contributed by atoms with van der Waals surface area (Å²) in [6.07, 6.45) is 4.15. The molecular formula is C21H28ClN5O3. The summed E-state index contributed by atoms with van der Waals surface area (Å²) >= 11 is 6.20. The first-order chi connectivity index (χ1) is 14.6. The third-order valence-electron chi connectivity index (χ3n) is 5.04. The molecule has 8 nitrogen and oxygen atoms in total. The number of carbonyl (C=O) groups excluding carboxylic acids is 2. The summed E-state index contributed by atoms with van der Waals surface area (Å²) in [4.78, 5) is 28.7. The molecule has 1 N–H and O–H groups in total. The number of hydrogen-bond acceptors (Lipinski definition) is 5. The number of nitrogens with zero attached hydrogens (tertiary/aromatic N) is 4. The fourth-order valence-corrected chi connectivity index (χ4v) is 3.55. The van der Waals surface area contributed by atoms with Crippen LogP contribution >= 0.6 is 11.6 Å². The van der Waals surface area contributed by atoms with Crippen LogP contribution in [0, 0.1) is 0 Å². The minimum Gasteiger partial charge on any atom is -0.385 e. The first-order valence-corrected chi connectivity index (χ1v) is 10.5. The van der Waals surface area contributed by atoms with E-state index < -0.39 is 0 Å². The highest BCUT2D eigenvalue weighted by molar-refractivity contribution is 6.31. The lowest BCUT2D eigenvalue weighted by Gasteiger charge is -2.34. The zero-order chi connectivity index (χ0) is 21.3. The Hall–Kier alpha value is -2.42. The van der Waals surface area contributed by atoms with Crippen molar-refractivity contribution in [3.05, 3.63) is 52.8 Å². The van der Waals surface area contributed by atoms with Gasteiger partial charge in [0.1, 0.15) is 0 Å². The number of aromatic nitrogens is 2. The van der Waals surface area contributed by atoms with Crippen LogP contribution in [-0.2, 0) is 16.1 Å². The molecule has 0 radical (unpaired) electrons. The van der Waals surface area contributed by atoms with Crippen LogP contribution in [0.25, 0.3) is 0 Å². The van der Waals surface area contributed by atoms with Crippen LogP contribution in [0.1, 0.15) is 22.3 Å². The molecule has 1 aromatic heterocycles. The minimum absolute atomic E-state index is 0.00623. The fraction of sp³-hybridized carbons (Fsp3) is 0.476. The van der Waals surface area contributed by atoms with Crippen LogP contribution in [0.4, 0.5) is 0 Å². The molecule has 1 fully saturated rings. The number of piperazine rings is 1. The average molecular weight is 434 g/mol. The number of ether oxygens (including phenoxy) is 1. The normalized spacial score (nSPS) is 14.7. The molecule has 0 atom stereocenters. The quantitative estimate of drug-likeness (QED) is 0.606. The van der Waals surface area contributed by atoms with E-state index in [4.69, 9.17) is 16.3 Å². The van der Waals surface area contributed by atoms with Gasteiger partial charge in [-0.2, -0.15) is 5.10 Å². The van der Waals surface area contributed by atoms with E-state index in [-0.39, 0.29) is 11.8 Å². The molecule has 2 amide bonds. The smallest absolute Gasteiger partial charge is 0.257 e. The third kappa shape index (κ3) is 6.29. The molecule has 1 aliphatic heterocycles. The maximum absolute atomic E-state index is 12.8. The highest BCUT2D eigenvalue weighted by Crippen LogP contribution is 2.16. The Bertz CT molecular complexity index is 849.